The summed E-state index contributed by atoms with van der Waals surface area (Å²) in [6, 6.07) is -0.478. The third-order valence-corrected chi connectivity index (χ3v) is 1.90. The van der Waals surface area contributed by atoms with Crippen LogP contribution in [0.1, 0.15) is 6.42 Å². The zero-order valence-electron chi connectivity index (χ0n) is 6.12. The number of carbonyl (C=O) groups is 2. The van der Waals surface area contributed by atoms with Crippen LogP contribution in [-0.4, -0.2) is 29.9 Å². The van der Waals surface area contributed by atoms with E-state index in [0.717, 1.165) is 0 Å². The maximum Gasteiger partial charge on any atom is 0.314 e. The molecule has 3 amide bonds. The van der Waals surface area contributed by atoms with E-state index in [9.17, 15) is 9.59 Å². The number of amides is 3. The highest BCUT2D eigenvalue weighted by Crippen LogP contribution is 2.14. The van der Waals surface area contributed by atoms with Crippen LogP contribution in [0, 0.1) is 5.92 Å². The summed E-state index contributed by atoms with van der Waals surface area (Å²) in [7, 11) is 0. The number of rotatable bonds is 1. The van der Waals surface area contributed by atoms with E-state index in [-0.39, 0.29) is 11.8 Å². The molecule has 1 fully saturated rings. The SMILES string of the molecule is NC(=O)C1CCN(C(N)=O)C1. The van der Waals surface area contributed by atoms with E-state index < -0.39 is 6.03 Å². The zero-order valence-corrected chi connectivity index (χ0v) is 6.12. The average Bonchev–Trinajstić information content (AvgIpc) is 2.33. The fourth-order valence-corrected chi connectivity index (χ4v) is 1.19. The second kappa shape index (κ2) is 2.77. The topological polar surface area (TPSA) is 89.4 Å². The van der Waals surface area contributed by atoms with Gasteiger partial charge in [0.1, 0.15) is 0 Å². The largest absolute Gasteiger partial charge is 0.369 e. The van der Waals surface area contributed by atoms with Crippen molar-refractivity contribution in [1.82, 2.24) is 4.90 Å². The summed E-state index contributed by atoms with van der Waals surface area (Å²) in [6.07, 6.45) is 0.637. The van der Waals surface area contributed by atoms with Crippen LogP contribution in [0.3, 0.4) is 0 Å². The van der Waals surface area contributed by atoms with Crippen molar-refractivity contribution in [2.45, 2.75) is 6.42 Å². The normalized spacial score (nSPS) is 23.6. The van der Waals surface area contributed by atoms with E-state index in [2.05, 4.69) is 0 Å². The van der Waals surface area contributed by atoms with Crippen LogP contribution >= 0.6 is 0 Å². The van der Waals surface area contributed by atoms with Gasteiger partial charge in [-0.05, 0) is 6.42 Å². The number of hydrogen-bond acceptors (Lipinski definition) is 2. The molecule has 1 saturated heterocycles. The van der Waals surface area contributed by atoms with Crippen molar-refractivity contribution in [3.05, 3.63) is 0 Å². The standard InChI is InChI=1S/C6H11N3O2/c7-5(10)4-1-2-9(3-4)6(8)11/h4H,1-3H2,(H2,7,10)(H2,8,11). The lowest BCUT2D eigenvalue weighted by atomic mass is 10.1. The van der Waals surface area contributed by atoms with Crippen molar-refractivity contribution in [3.8, 4) is 0 Å². The van der Waals surface area contributed by atoms with Crippen molar-refractivity contribution >= 4 is 11.9 Å². The molecule has 0 aromatic carbocycles. The fraction of sp³-hybridized carbons (Fsp3) is 0.667. The molecule has 1 aliphatic heterocycles. The molecular formula is C6H11N3O2. The Hall–Kier alpha value is -1.26. The van der Waals surface area contributed by atoms with Crippen LogP contribution in [0.15, 0.2) is 0 Å². The molecule has 1 atom stereocenters. The molecule has 0 spiro atoms. The highest BCUT2D eigenvalue weighted by Gasteiger charge is 2.28. The van der Waals surface area contributed by atoms with Crippen LogP contribution in [0.4, 0.5) is 4.79 Å². The summed E-state index contributed by atoms with van der Waals surface area (Å²) in [5.41, 5.74) is 10.0. The predicted molar refractivity (Wildman–Crippen MR) is 38.5 cm³/mol. The number of likely N-dealkylation sites (tertiary alicyclic amines) is 1. The molecule has 5 nitrogen and oxygen atoms in total. The maximum absolute atomic E-state index is 10.6. The molecule has 11 heavy (non-hydrogen) atoms. The molecule has 1 rings (SSSR count). The summed E-state index contributed by atoms with van der Waals surface area (Å²) in [5, 5.41) is 0. The van der Waals surface area contributed by atoms with Crippen LogP contribution in [-0.2, 0) is 4.79 Å². The second-order valence-electron chi connectivity index (χ2n) is 2.67. The molecule has 0 saturated carbocycles. The summed E-state index contributed by atoms with van der Waals surface area (Å²) < 4.78 is 0. The third kappa shape index (κ3) is 1.60. The summed E-state index contributed by atoms with van der Waals surface area (Å²) in [5.74, 6) is -0.559. The third-order valence-electron chi connectivity index (χ3n) is 1.90. The lowest BCUT2D eigenvalue weighted by molar-refractivity contribution is -0.121. The first kappa shape index (κ1) is 7.84. The van der Waals surface area contributed by atoms with Gasteiger partial charge in [-0.2, -0.15) is 0 Å². The molecule has 1 aliphatic rings. The maximum atomic E-state index is 10.6. The van der Waals surface area contributed by atoms with Crippen molar-refractivity contribution in [2.75, 3.05) is 13.1 Å². The Balaban J connectivity index is 2.47. The molecule has 0 aliphatic carbocycles. The average molecular weight is 157 g/mol. The van der Waals surface area contributed by atoms with E-state index in [1.807, 2.05) is 0 Å². The predicted octanol–water partition coefficient (Wildman–Crippen LogP) is -1.13. The van der Waals surface area contributed by atoms with Gasteiger partial charge in [-0.3, -0.25) is 4.79 Å². The van der Waals surface area contributed by atoms with Gasteiger partial charge in [0.15, 0.2) is 0 Å². The van der Waals surface area contributed by atoms with E-state index in [4.69, 9.17) is 11.5 Å². The van der Waals surface area contributed by atoms with E-state index >= 15 is 0 Å². The lowest BCUT2D eigenvalue weighted by Crippen LogP contribution is -2.35. The minimum Gasteiger partial charge on any atom is -0.369 e. The van der Waals surface area contributed by atoms with E-state index in [0.29, 0.717) is 19.5 Å². The first-order chi connectivity index (χ1) is 5.11. The molecule has 4 N–H and O–H groups in total. The Bertz CT molecular complexity index is 172. The number of primary amides is 2. The smallest absolute Gasteiger partial charge is 0.314 e. The number of nitrogens with two attached hydrogens (primary N) is 2. The lowest BCUT2D eigenvalue weighted by Gasteiger charge is -2.11. The van der Waals surface area contributed by atoms with Crippen molar-refractivity contribution in [3.63, 3.8) is 0 Å². The summed E-state index contributed by atoms with van der Waals surface area (Å²) in [6.45, 7) is 0.924. The Morgan fingerprint density at radius 3 is 2.27 bits per heavy atom. The van der Waals surface area contributed by atoms with Crippen molar-refractivity contribution in [1.29, 1.82) is 0 Å². The molecule has 0 aromatic rings. The van der Waals surface area contributed by atoms with Gasteiger partial charge in [0.25, 0.3) is 0 Å². The minimum absolute atomic E-state index is 0.206. The summed E-state index contributed by atoms with van der Waals surface area (Å²) >= 11 is 0. The van der Waals surface area contributed by atoms with Gasteiger partial charge in [-0.1, -0.05) is 0 Å². The second-order valence-corrected chi connectivity index (χ2v) is 2.67. The molecule has 0 bridgehead atoms. The molecule has 5 heteroatoms. The van der Waals surface area contributed by atoms with Gasteiger partial charge in [-0.15, -0.1) is 0 Å². The number of nitrogens with zero attached hydrogens (tertiary/aromatic N) is 1. The monoisotopic (exact) mass is 157 g/mol. The first-order valence-corrected chi connectivity index (χ1v) is 3.45. The molecular weight excluding hydrogens is 146 g/mol. The number of carbonyl (C=O) groups excluding carboxylic acids is 2. The fourth-order valence-electron chi connectivity index (χ4n) is 1.19. The van der Waals surface area contributed by atoms with Gasteiger partial charge in [0, 0.05) is 13.1 Å². The molecule has 1 heterocycles. The van der Waals surface area contributed by atoms with Crippen LogP contribution in [0.5, 0.6) is 0 Å². The van der Waals surface area contributed by atoms with Gasteiger partial charge < -0.3 is 16.4 Å². The number of urea groups is 1. The minimum atomic E-state index is -0.478. The van der Waals surface area contributed by atoms with Gasteiger partial charge >= 0.3 is 6.03 Å². The summed E-state index contributed by atoms with van der Waals surface area (Å²) in [4.78, 5) is 22.6. The molecule has 1 unspecified atom stereocenters. The quantitative estimate of drug-likeness (QED) is 0.504. The van der Waals surface area contributed by atoms with E-state index in [1.165, 1.54) is 4.90 Å². The Morgan fingerprint density at radius 2 is 2.00 bits per heavy atom. The molecule has 62 valence electrons. The first-order valence-electron chi connectivity index (χ1n) is 3.45. The highest BCUT2D eigenvalue weighted by molar-refractivity contribution is 5.79. The molecule has 0 aromatic heterocycles. The Labute approximate surface area is 64.3 Å². The van der Waals surface area contributed by atoms with Gasteiger partial charge in [0.2, 0.25) is 5.91 Å². The molecule has 0 radical (unpaired) electrons. The van der Waals surface area contributed by atoms with Crippen molar-refractivity contribution < 1.29 is 9.59 Å². The number of hydrogen-bond donors (Lipinski definition) is 2. The highest BCUT2D eigenvalue weighted by atomic mass is 16.2. The van der Waals surface area contributed by atoms with Crippen molar-refractivity contribution in [2.24, 2.45) is 17.4 Å². The van der Waals surface area contributed by atoms with Crippen LogP contribution < -0.4 is 11.5 Å². The van der Waals surface area contributed by atoms with Gasteiger partial charge in [0.05, 0.1) is 5.92 Å². The Kier molecular flexibility index (Phi) is 1.98. The Morgan fingerprint density at radius 1 is 1.36 bits per heavy atom. The van der Waals surface area contributed by atoms with Crippen LogP contribution in [0.2, 0.25) is 0 Å². The van der Waals surface area contributed by atoms with Gasteiger partial charge in [-0.25, -0.2) is 4.79 Å². The zero-order chi connectivity index (χ0) is 8.43. The van der Waals surface area contributed by atoms with E-state index in [1.54, 1.807) is 0 Å². The van der Waals surface area contributed by atoms with Crippen LogP contribution in [0.25, 0.3) is 0 Å².